The van der Waals surface area contributed by atoms with E-state index in [1.54, 1.807) is 6.20 Å². The summed E-state index contributed by atoms with van der Waals surface area (Å²) >= 11 is 0. The lowest BCUT2D eigenvalue weighted by atomic mass is 10.1. The molecule has 0 unspecified atom stereocenters. The molecule has 2 aromatic rings. The lowest BCUT2D eigenvalue weighted by molar-refractivity contribution is 0.566. The third kappa shape index (κ3) is 1.24. The number of aryl methyl sites for hydroxylation is 1. The molecule has 2 nitrogen and oxygen atoms in total. The standard InChI is InChI=1S/C11H11NO/c1-3-5-9-8(2)13-11-10(9)6-4-7-12-11/h3-7H,1-2H3/b5-3-. The summed E-state index contributed by atoms with van der Waals surface area (Å²) < 4.78 is 5.49. The summed E-state index contributed by atoms with van der Waals surface area (Å²) in [7, 11) is 0. The Labute approximate surface area is 76.9 Å². The first-order valence-electron chi connectivity index (χ1n) is 4.29. The van der Waals surface area contributed by atoms with E-state index in [0.29, 0.717) is 5.71 Å². The Balaban J connectivity index is 2.78. The molecule has 0 aliphatic carbocycles. The molecule has 2 rings (SSSR count). The normalized spacial score (nSPS) is 11.5. The van der Waals surface area contributed by atoms with E-state index in [0.717, 1.165) is 16.7 Å². The van der Waals surface area contributed by atoms with E-state index in [-0.39, 0.29) is 0 Å². The van der Waals surface area contributed by atoms with Crippen molar-refractivity contribution in [1.29, 1.82) is 0 Å². The Bertz CT molecular complexity index is 454. The van der Waals surface area contributed by atoms with Gasteiger partial charge in [-0.05, 0) is 26.0 Å². The van der Waals surface area contributed by atoms with Gasteiger partial charge in [-0.2, -0.15) is 0 Å². The highest BCUT2D eigenvalue weighted by atomic mass is 16.3. The van der Waals surface area contributed by atoms with E-state index in [1.807, 2.05) is 38.1 Å². The number of allylic oxidation sites excluding steroid dienone is 1. The van der Waals surface area contributed by atoms with Gasteiger partial charge in [0.1, 0.15) is 5.76 Å². The Kier molecular flexibility index (Phi) is 1.89. The van der Waals surface area contributed by atoms with Gasteiger partial charge in [0.05, 0.1) is 0 Å². The molecule has 0 N–H and O–H groups in total. The number of furan rings is 1. The van der Waals surface area contributed by atoms with Crippen LogP contribution in [0.15, 0.2) is 28.8 Å². The molecule has 66 valence electrons. The molecule has 2 heterocycles. The van der Waals surface area contributed by atoms with Crippen LogP contribution in [0, 0.1) is 6.92 Å². The zero-order valence-corrected chi connectivity index (χ0v) is 7.74. The molecule has 2 heteroatoms. The van der Waals surface area contributed by atoms with Crippen LogP contribution in [-0.4, -0.2) is 4.98 Å². The van der Waals surface area contributed by atoms with E-state index >= 15 is 0 Å². The van der Waals surface area contributed by atoms with Crippen LogP contribution < -0.4 is 0 Å². The lowest BCUT2D eigenvalue weighted by Crippen LogP contribution is -1.72. The predicted molar refractivity (Wildman–Crippen MR) is 53.5 cm³/mol. The van der Waals surface area contributed by atoms with Gasteiger partial charge in [-0.1, -0.05) is 12.2 Å². The van der Waals surface area contributed by atoms with E-state index < -0.39 is 0 Å². The van der Waals surface area contributed by atoms with Crippen LogP contribution in [0.2, 0.25) is 0 Å². The first-order valence-corrected chi connectivity index (χ1v) is 4.29. The second-order valence-electron chi connectivity index (χ2n) is 2.93. The molecule has 0 amide bonds. The number of nitrogens with zero attached hydrogens (tertiary/aromatic N) is 1. The van der Waals surface area contributed by atoms with Crippen LogP contribution >= 0.6 is 0 Å². The monoisotopic (exact) mass is 173 g/mol. The molecule has 0 atom stereocenters. The molecule has 0 aliphatic heterocycles. The molecule has 2 aromatic heterocycles. The summed E-state index contributed by atoms with van der Waals surface area (Å²) in [5.41, 5.74) is 1.85. The van der Waals surface area contributed by atoms with Crippen molar-refractivity contribution in [3.63, 3.8) is 0 Å². The van der Waals surface area contributed by atoms with Gasteiger partial charge in [0.15, 0.2) is 0 Å². The largest absolute Gasteiger partial charge is 0.442 e. The minimum absolute atomic E-state index is 0.716. The van der Waals surface area contributed by atoms with Crippen molar-refractivity contribution in [2.45, 2.75) is 13.8 Å². The molecule has 0 aromatic carbocycles. The molecule has 0 saturated heterocycles. The van der Waals surface area contributed by atoms with Gasteiger partial charge in [-0.3, -0.25) is 0 Å². The Morgan fingerprint density at radius 3 is 3.08 bits per heavy atom. The van der Waals surface area contributed by atoms with Crippen LogP contribution in [-0.2, 0) is 0 Å². The summed E-state index contributed by atoms with van der Waals surface area (Å²) in [6.07, 6.45) is 5.79. The number of hydrogen-bond acceptors (Lipinski definition) is 2. The van der Waals surface area contributed by atoms with E-state index in [9.17, 15) is 0 Å². The van der Waals surface area contributed by atoms with Crippen molar-refractivity contribution in [2.75, 3.05) is 0 Å². The summed E-state index contributed by atoms with van der Waals surface area (Å²) in [4.78, 5) is 4.14. The van der Waals surface area contributed by atoms with Crippen molar-refractivity contribution in [3.8, 4) is 0 Å². The summed E-state index contributed by atoms with van der Waals surface area (Å²) in [5.74, 6) is 0.923. The highest BCUT2D eigenvalue weighted by Crippen LogP contribution is 2.24. The minimum Gasteiger partial charge on any atom is -0.442 e. The molecular weight excluding hydrogens is 162 g/mol. The van der Waals surface area contributed by atoms with E-state index in [1.165, 1.54) is 0 Å². The van der Waals surface area contributed by atoms with Crippen molar-refractivity contribution in [2.24, 2.45) is 0 Å². The quantitative estimate of drug-likeness (QED) is 0.662. The van der Waals surface area contributed by atoms with Gasteiger partial charge in [-0.25, -0.2) is 4.98 Å². The van der Waals surface area contributed by atoms with Gasteiger partial charge >= 0.3 is 0 Å². The van der Waals surface area contributed by atoms with Gasteiger partial charge in [0.25, 0.3) is 0 Å². The summed E-state index contributed by atoms with van der Waals surface area (Å²) in [6.45, 7) is 3.95. The number of pyridine rings is 1. The van der Waals surface area contributed by atoms with Gasteiger partial charge < -0.3 is 4.42 Å². The maximum Gasteiger partial charge on any atom is 0.226 e. The van der Waals surface area contributed by atoms with Crippen LogP contribution in [0.3, 0.4) is 0 Å². The average molecular weight is 173 g/mol. The Hall–Kier alpha value is -1.57. The maximum atomic E-state index is 5.49. The smallest absolute Gasteiger partial charge is 0.226 e. The fraction of sp³-hybridized carbons (Fsp3) is 0.182. The SMILES string of the molecule is C/C=C\c1c(C)oc2ncccc12. The number of aromatic nitrogens is 1. The fourth-order valence-corrected chi connectivity index (χ4v) is 1.44. The van der Waals surface area contributed by atoms with Crippen LogP contribution in [0.1, 0.15) is 18.2 Å². The molecule has 0 bridgehead atoms. The zero-order chi connectivity index (χ0) is 9.26. The van der Waals surface area contributed by atoms with Crippen LogP contribution in [0.25, 0.3) is 17.2 Å². The van der Waals surface area contributed by atoms with Gasteiger partial charge in [0.2, 0.25) is 5.71 Å². The Morgan fingerprint density at radius 1 is 1.46 bits per heavy atom. The second kappa shape index (κ2) is 3.05. The summed E-state index contributed by atoms with van der Waals surface area (Å²) in [5, 5.41) is 1.08. The van der Waals surface area contributed by atoms with Gasteiger partial charge in [-0.15, -0.1) is 0 Å². The molecule has 0 spiro atoms. The zero-order valence-electron chi connectivity index (χ0n) is 7.74. The molecule has 0 aliphatic rings. The lowest BCUT2D eigenvalue weighted by Gasteiger charge is -1.87. The van der Waals surface area contributed by atoms with Crippen LogP contribution in [0.4, 0.5) is 0 Å². The number of hydrogen-bond donors (Lipinski definition) is 0. The molecule has 0 saturated carbocycles. The maximum absolute atomic E-state index is 5.49. The highest BCUT2D eigenvalue weighted by Gasteiger charge is 2.07. The molecule has 13 heavy (non-hydrogen) atoms. The fourth-order valence-electron chi connectivity index (χ4n) is 1.44. The van der Waals surface area contributed by atoms with Crippen molar-refractivity contribution >= 4 is 17.2 Å². The molecular formula is C11H11NO. The van der Waals surface area contributed by atoms with Crippen molar-refractivity contribution in [3.05, 3.63) is 35.7 Å². The van der Waals surface area contributed by atoms with E-state index in [4.69, 9.17) is 4.42 Å². The number of fused-ring (bicyclic) bond motifs is 1. The minimum atomic E-state index is 0.716. The number of rotatable bonds is 1. The first-order chi connectivity index (χ1) is 6.33. The van der Waals surface area contributed by atoms with E-state index in [2.05, 4.69) is 4.98 Å². The van der Waals surface area contributed by atoms with Crippen molar-refractivity contribution < 1.29 is 4.42 Å². The first kappa shape index (κ1) is 8.05. The summed E-state index contributed by atoms with van der Waals surface area (Å²) in [6, 6.07) is 3.94. The molecule has 0 fully saturated rings. The predicted octanol–water partition coefficient (Wildman–Crippen LogP) is 3.17. The third-order valence-corrected chi connectivity index (χ3v) is 2.02. The highest BCUT2D eigenvalue weighted by molar-refractivity contribution is 5.85. The van der Waals surface area contributed by atoms with Crippen LogP contribution in [0.5, 0.6) is 0 Å². The second-order valence-corrected chi connectivity index (χ2v) is 2.93. The average Bonchev–Trinajstić information content (AvgIpc) is 2.44. The third-order valence-electron chi connectivity index (χ3n) is 2.02. The van der Waals surface area contributed by atoms with Gasteiger partial charge in [0, 0.05) is 17.1 Å². The topological polar surface area (TPSA) is 26.0 Å². The Morgan fingerprint density at radius 2 is 2.31 bits per heavy atom. The van der Waals surface area contributed by atoms with Crippen molar-refractivity contribution in [1.82, 2.24) is 4.98 Å². The molecule has 0 radical (unpaired) electrons.